The van der Waals surface area contributed by atoms with Gasteiger partial charge in [0.2, 0.25) is 0 Å². The van der Waals surface area contributed by atoms with E-state index in [2.05, 4.69) is 99.7 Å². The molecule has 20 heavy (non-hydrogen) atoms. The van der Waals surface area contributed by atoms with Gasteiger partial charge in [-0.2, -0.15) is 0 Å². The van der Waals surface area contributed by atoms with E-state index in [0.29, 0.717) is 0 Å². The Morgan fingerprint density at radius 3 is 0.350 bits per heavy atom. The molecule has 0 radical (unpaired) electrons. The van der Waals surface area contributed by atoms with Crippen molar-refractivity contribution in [3.05, 3.63) is 46.6 Å². The first kappa shape index (κ1) is 57.8. The van der Waals surface area contributed by atoms with Crippen LogP contribution in [0.2, 0.25) is 0 Å². The van der Waals surface area contributed by atoms with E-state index in [1.165, 1.54) is 0 Å². The molecule has 0 saturated carbocycles. The molecule has 0 aliphatic carbocycles. The standard InChI is InChI=1S/7CO.4BrH.2W/c7*1-2;;;;;;/h;;;;;;;4*1H;;/q;;;;;;;;;;;2*+2/p-4. The van der Waals surface area contributed by atoms with Crippen molar-refractivity contribution in [1.29, 1.82) is 0 Å². The first-order chi connectivity index (χ1) is 9.83. The third-order valence-corrected chi connectivity index (χ3v) is 0. The zero-order chi connectivity index (χ0) is 19.4. The third-order valence-electron chi connectivity index (χ3n) is 0. The van der Waals surface area contributed by atoms with E-state index in [4.69, 9.17) is 32.6 Å². The number of halogens is 4. The van der Waals surface area contributed by atoms with Gasteiger partial charge in [0.15, 0.2) is 0 Å². The van der Waals surface area contributed by atoms with E-state index < -0.39 is 0 Å². The van der Waals surface area contributed by atoms with Crippen LogP contribution in [0.15, 0.2) is 0 Å². The molecule has 0 unspecified atom stereocenters. The predicted molar refractivity (Wildman–Crippen MR) is 63.2 cm³/mol. The Balaban J connectivity index is -0.00000000981. The van der Waals surface area contributed by atoms with Gasteiger partial charge in [-0.25, -0.2) is 0 Å². The van der Waals surface area contributed by atoms with Crippen molar-refractivity contribution in [1.82, 2.24) is 0 Å². The molecule has 7 nitrogen and oxygen atoms in total. The first-order valence-electron chi connectivity index (χ1n) is 2.05. The zero-order valence-corrected chi connectivity index (χ0v) is 20.9. The van der Waals surface area contributed by atoms with Crippen molar-refractivity contribution in [3.8, 4) is 0 Å². The Hall–Kier alpha value is 1.48. The van der Waals surface area contributed by atoms with E-state index >= 15 is 0 Å². The number of hydrogen-bond acceptors (Lipinski definition) is 0. The van der Waals surface area contributed by atoms with Gasteiger partial charge >= 0.3 is 161 Å². The van der Waals surface area contributed by atoms with Gasteiger partial charge < -0.3 is 0 Å². The molecule has 0 spiro atoms. The van der Waals surface area contributed by atoms with Crippen LogP contribution >= 0.6 is 53.2 Å². The number of hydrogen-bond donors (Lipinski definition) is 0. The first-order valence-corrected chi connectivity index (χ1v) is 27.7. The Morgan fingerprint density at radius 2 is 0.350 bits per heavy atom. The van der Waals surface area contributed by atoms with Gasteiger partial charge in [-0.1, -0.05) is 0 Å². The van der Waals surface area contributed by atoms with Crippen molar-refractivity contribution in [3.63, 3.8) is 0 Å². The Kier molecular flexibility index (Phi) is 1860. The van der Waals surface area contributed by atoms with Gasteiger partial charge in [-0.3, -0.25) is 0 Å². The second-order valence-corrected chi connectivity index (χ2v) is 25.8. The van der Waals surface area contributed by atoms with E-state index in [-0.39, 0.29) is 28.9 Å². The maximum absolute atomic E-state index is 7.50. The molecule has 0 heterocycles. The van der Waals surface area contributed by atoms with Gasteiger partial charge in [0.05, 0.1) is 0 Å². The molecule has 0 saturated heterocycles. The molecule has 0 fully saturated rings. The van der Waals surface area contributed by atoms with Crippen LogP contribution in [0.3, 0.4) is 0 Å². The molecule has 0 atom stereocenters. The molecule has 0 rings (SSSR count). The molecule has 0 N–H and O–H groups in total. The van der Waals surface area contributed by atoms with E-state index in [0.717, 1.165) is 0 Å². The van der Waals surface area contributed by atoms with Gasteiger partial charge in [0.25, 0.3) is 0 Å². The summed E-state index contributed by atoms with van der Waals surface area (Å²) in [5.41, 5.74) is 0. The summed E-state index contributed by atoms with van der Waals surface area (Å²) in [6.07, 6.45) is 0. The van der Waals surface area contributed by atoms with E-state index in [1.807, 2.05) is 0 Å². The minimum absolute atomic E-state index is 0.125. The topological polar surface area (TPSA) is 139 Å². The van der Waals surface area contributed by atoms with Crippen molar-refractivity contribution in [2.45, 2.75) is 0 Å². The fourth-order valence-electron chi connectivity index (χ4n) is 0. The molecule has 0 aromatic rings. The molecule has 0 aromatic heterocycles. The predicted octanol–water partition coefficient (Wildman–Crippen LogP) is 3.11. The molecular formula is C7Br4O7W2. The van der Waals surface area contributed by atoms with Crippen LogP contribution in [0.4, 0.5) is 0 Å². The molecule has 0 bridgehead atoms. The zero-order valence-electron chi connectivity index (χ0n) is 8.69. The second kappa shape index (κ2) is 643. The van der Waals surface area contributed by atoms with Gasteiger partial charge in [0.1, 0.15) is 0 Å². The van der Waals surface area contributed by atoms with Crippen molar-refractivity contribution < 1.29 is 61.5 Å². The molecule has 0 aliphatic rings. The van der Waals surface area contributed by atoms with Gasteiger partial charge in [-0.05, 0) is 0 Å². The molecule has 13 heteroatoms. The Morgan fingerprint density at radius 1 is 0.350 bits per heavy atom. The van der Waals surface area contributed by atoms with Crippen LogP contribution in [-0.2, 0) is 61.5 Å². The number of rotatable bonds is 0. The molecule has 0 aliphatic heterocycles. The normalized spacial score (nSPS) is 2.50. The summed E-state index contributed by atoms with van der Waals surface area (Å²) >= 11 is 12.7. The molecular weight excluding hydrogens is 883 g/mol. The van der Waals surface area contributed by atoms with Gasteiger partial charge in [-0.15, -0.1) is 0 Å². The second-order valence-electron chi connectivity index (χ2n) is 0.117. The summed E-state index contributed by atoms with van der Waals surface area (Å²) in [7, 11) is 0. The summed E-state index contributed by atoms with van der Waals surface area (Å²) in [6.45, 7) is 31.5. The van der Waals surface area contributed by atoms with Crippen LogP contribution in [0, 0.1) is 46.6 Å². The summed E-state index contributed by atoms with van der Waals surface area (Å²) in [5.74, 6) is 0. The third kappa shape index (κ3) is 3050. The molecule has 110 valence electrons. The van der Waals surface area contributed by atoms with Crippen LogP contribution < -0.4 is 0 Å². The summed E-state index contributed by atoms with van der Waals surface area (Å²) in [5, 5.41) is 0. The SMILES string of the molecule is [Br][W][Br].[Br][W][Br].[C-]#[O+].[C-]#[O+].[C-]#[O+].[C-]#[O+].[C-]#[O+].[C-]#[O+].[C-]#[O+]. The minimum atomic E-state index is -0.125. The molecule has 0 aromatic carbocycles. The van der Waals surface area contributed by atoms with E-state index in [1.54, 1.807) is 0 Å². The maximum atomic E-state index is 7.50. The van der Waals surface area contributed by atoms with Crippen LogP contribution in [0.1, 0.15) is 0 Å². The Bertz CT molecular complexity index is 151. The average molecular weight is 883 g/mol. The van der Waals surface area contributed by atoms with Crippen LogP contribution in [0.5, 0.6) is 0 Å². The monoisotopic (exact) mass is 880 g/mol. The van der Waals surface area contributed by atoms with Crippen molar-refractivity contribution >= 4 is 53.2 Å². The average Bonchev–Trinajstić information content (AvgIpc) is 2.61. The summed E-state index contributed by atoms with van der Waals surface area (Å²) in [4.78, 5) is 0. The quantitative estimate of drug-likeness (QED) is 0.261. The fraction of sp³-hybridized carbons (Fsp3) is 0. The van der Waals surface area contributed by atoms with Crippen LogP contribution in [-0.4, -0.2) is 0 Å². The summed E-state index contributed by atoms with van der Waals surface area (Å²) < 4.78 is 52.5. The molecule has 0 amide bonds. The van der Waals surface area contributed by atoms with Crippen molar-refractivity contribution in [2.75, 3.05) is 0 Å². The van der Waals surface area contributed by atoms with E-state index in [9.17, 15) is 0 Å². The fourth-order valence-corrected chi connectivity index (χ4v) is 0. The Labute approximate surface area is 159 Å². The van der Waals surface area contributed by atoms with Gasteiger partial charge in [0, 0.05) is 0 Å². The summed E-state index contributed by atoms with van der Waals surface area (Å²) in [6, 6.07) is 0. The van der Waals surface area contributed by atoms with Crippen LogP contribution in [0.25, 0.3) is 0 Å². The van der Waals surface area contributed by atoms with Crippen molar-refractivity contribution in [2.24, 2.45) is 0 Å².